The largest absolute Gasteiger partial charge is 0.326 e. The Balaban J connectivity index is 1.83. The van der Waals surface area contributed by atoms with Gasteiger partial charge in [-0.3, -0.25) is 9.59 Å². The third-order valence-electron chi connectivity index (χ3n) is 3.93. The molecule has 0 aromatic heterocycles. The molecule has 4 nitrogen and oxygen atoms in total. The molecule has 23 heavy (non-hydrogen) atoms. The molecule has 2 aromatic carbocycles. The number of carbonyl (C=O) groups is 2. The second kappa shape index (κ2) is 6.54. The Bertz CT molecular complexity index is 787. The van der Waals surface area contributed by atoms with Crippen LogP contribution >= 0.6 is 15.9 Å². The van der Waals surface area contributed by atoms with Gasteiger partial charge in [-0.25, -0.2) is 0 Å². The number of carbonyl (C=O) groups excluding carboxylic acids is 2. The minimum Gasteiger partial charge on any atom is -0.326 e. The van der Waals surface area contributed by atoms with E-state index < -0.39 is 0 Å². The number of anilines is 2. The zero-order chi connectivity index (χ0) is 16.4. The highest BCUT2D eigenvalue weighted by Crippen LogP contribution is 2.25. The zero-order valence-electron chi connectivity index (χ0n) is 12.8. The smallest absolute Gasteiger partial charge is 0.255 e. The minimum atomic E-state index is -0.145. The molecule has 1 heterocycles. The van der Waals surface area contributed by atoms with Gasteiger partial charge < -0.3 is 10.6 Å². The van der Waals surface area contributed by atoms with Crippen molar-refractivity contribution in [2.24, 2.45) is 0 Å². The predicted molar refractivity (Wildman–Crippen MR) is 94.8 cm³/mol. The lowest BCUT2D eigenvalue weighted by Crippen LogP contribution is -2.14. The molecule has 5 heteroatoms. The number of halogens is 1. The molecule has 2 aromatic rings. The average Bonchev–Trinajstić information content (AvgIpc) is 2.69. The predicted octanol–water partition coefficient (Wildman–Crippen LogP) is 4.28. The Morgan fingerprint density at radius 3 is 2.78 bits per heavy atom. The van der Waals surface area contributed by atoms with E-state index in [1.165, 1.54) is 0 Å². The molecule has 0 unspecified atom stereocenters. The summed E-state index contributed by atoms with van der Waals surface area (Å²) >= 11 is 3.41. The number of benzene rings is 2. The molecule has 2 amide bonds. The lowest BCUT2D eigenvalue weighted by Gasteiger charge is -2.11. The fourth-order valence-corrected chi connectivity index (χ4v) is 3.15. The fourth-order valence-electron chi connectivity index (χ4n) is 2.68. The maximum atomic E-state index is 12.5. The first-order valence-electron chi connectivity index (χ1n) is 7.53. The van der Waals surface area contributed by atoms with E-state index in [0.29, 0.717) is 12.0 Å². The van der Waals surface area contributed by atoms with E-state index >= 15 is 0 Å². The molecule has 3 rings (SSSR count). The standard InChI is InChI=1S/C18H17BrN2O2/c1-11-9-14(19)6-8-15(11)21-18(23)13-5-7-16-12(10-13)3-2-4-17(22)20-16/h5-10H,2-4H2,1H3,(H,20,22)(H,21,23). The van der Waals surface area contributed by atoms with E-state index in [-0.39, 0.29) is 11.8 Å². The van der Waals surface area contributed by atoms with Crippen molar-refractivity contribution in [2.45, 2.75) is 26.2 Å². The van der Waals surface area contributed by atoms with Crippen LogP contribution < -0.4 is 10.6 Å². The summed E-state index contributed by atoms with van der Waals surface area (Å²) in [6.45, 7) is 1.95. The van der Waals surface area contributed by atoms with Gasteiger partial charge in [-0.15, -0.1) is 0 Å². The molecule has 0 bridgehead atoms. The lowest BCUT2D eigenvalue weighted by molar-refractivity contribution is -0.116. The molecule has 0 atom stereocenters. The van der Waals surface area contributed by atoms with Gasteiger partial charge in [-0.1, -0.05) is 15.9 Å². The van der Waals surface area contributed by atoms with E-state index in [9.17, 15) is 9.59 Å². The second-order valence-corrected chi connectivity index (χ2v) is 6.60. The highest BCUT2D eigenvalue weighted by Gasteiger charge is 2.15. The summed E-state index contributed by atoms with van der Waals surface area (Å²) in [4.78, 5) is 24.1. The van der Waals surface area contributed by atoms with Gasteiger partial charge >= 0.3 is 0 Å². The number of hydrogen-bond donors (Lipinski definition) is 2. The van der Waals surface area contributed by atoms with E-state index in [2.05, 4.69) is 26.6 Å². The normalized spacial score (nSPS) is 13.7. The van der Waals surface area contributed by atoms with Crippen molar-refractivity contribution in [1.82, 2.24) is 0 Å². The van der Waals surface area contributed by atoms with Crippen LogP contribution in [0.5, 0.6) is 0 Å². The molecule has 1 aliphatic rings. The maximum Gasteiger partial charge on any atom is 0.255 e. The summed E-state index contributed by atoms with van der Waals surface area (Å²) in [5.74, 6) is -0.111. The topological polar surface area (TPSA) is 58.2 Å². The van der Waals surface area contributed by atoms with Crippen molar-refractivity contribution in [2.75, 3.05) is 10.6 Å². The van der Waals surface area contributed by atoms with Crippen LogP contribution in [0, 0.1) is 6.92 Å². The molecule has 0 saturated heterocycles. The first-order valence-corrected chi connectivity index (χ1v) is 8.32. The van der Waals surface area contributed by atoms with Crippen molar-refractivity contribution in [3.63, 3.8) is 0 Å². The van der Waals surface area contributed by atoms with Crippen molar-refractivity contribution in [1.29, 1.82) is 0 Å². The van der Waals surface area contributed by atoms with E-state index in [4.69, 9.17) is 0 Å². The molecule has 0 spiro atoms. The van der Waals surface area contributed by atoms with Crippen LogP contribution in [0.15, 0.2) is 40.9 Å². The Morgan fingerprint density at radius 1 is 1.17 bits per heavy atom. The number of hydrogen-bond acceptors (Lipinski definition) is 2. The molecular formula is C18H17BrN2O2. The Labute approximate surface area is 143 Å². The molecule has 0 radical (unpaired) electrons. The quantitative estimate of drug-likeness (QED) is 0.825. The molecular weight excluding hydrogens is 356 g/mol. The number of rotatable bonds is 2. The van der Waals surface area contributed by atoms with Gasteiger partial charge in [0, 0.05) is 27.8 Å². The third kappa shape index (κ3) is 3.62. The second-order valence-electron chi connectivity index (χ2n) is 5.69. The van der Waals surface area contributed by atoms with Gasteiger partial charge in [0.25, 0.3) is 5.91 Å². The average molecular weight is 373 g/mol. The summed E-state index contributed by atoms with van der Waals surface area (Å²) in [5, 5.41) is 5.82. The summed E-state index contributed by atoms with van der Waals surface area (Å²) in [7, 11) is 0. The van der Waals surface area contributed by atoms with E-state index in [1.807, 2.05) is 37.3 Å². The van der Waals surface area contributed by atoms with Crippen LogP contribution in [0.1, 0.15) is 34.3 Å². The minimum absolute atomic E-state index is 0.0337. The van der Waals surface area contributed by atoms with Crippen molar-refractivity contribution in [3.8, 4) is 0 Å². The number of nitrogens with one attached hydrogen (secondary N) is 2. The Kier molecular flexibility index (Phi) is 4.48. The Hall–Kier alpha value is -2.14. The van der Waals surface area contributed by atoms with Crippen molar-refractivity contribution in [3.05, 3.63) is 57.6 Å². The van der Waals surface area contributed by atoms with Crippen LogP contribution in [0.2, 0.25) is 0 Å². The molecule has 0 aliphatic carbocycles. The van der Waals surface area contributed by atoms with E-state index in [0.717, 1.165) is 39.8 Å². The summed E-state index contributed by atoms with van der Waals surface area (Å²) in [6, 6.07) is 11.2. The number of fused-ring (bicyclic) bond motifs is 1. The fraction of sp³-hybridized carbons (Fsp3) is 0.222. The van der Waals surface area contributed by atoms with Crippen molar-refractivity contribution < 1.29 is 9.59 Å². The van der Waals surface area contributed by atoms with Gasteiger partial charge in [0.2, 0.25) is 5.91 Å². The molecule has 118 valence electrons. The van der Waals surface area contributed by atoms with Crippen LogP contribution in [-0.4, -0.2) is 11.8 Å². The molecule has 0 fully saturated rings. The first-order chi connectivity index (χ1) is 11.0. The SMILES string of the molecule is Cc1cc(Br)ccc1NC(=O)c1ccc2c(c1)CCCC(=O)N2. The summed E-state index contributed by atoms with van der Waals surface area (Å²) in [6.07, 6.45) is 2.12. The van der Waals surface area contributed by atoms with Crippen LogP contribution in [0.4, 0.5) is 11.4 Å². The Morgan fingerprint density at radius 2 is 2.00 bits per heavy atom. The highest BCUT2D eigenvalue weighted by molar-refractivity contribution is 9.10. The lowest BCUT2D eigenvalue weighted by atomic mass is 10.0. The molecule has 1 aliphatic heterocycles. The van der Waals surface area contributed by atoms with Crippen molar-refractivity contribution >= 4 is 39.1 Å². The maximum absolute atomic E-state index is 12.5. The van der Waals surface area contributed by atoms with Gasteiger partial charge in [-0.05, 0) is 67.3 Å². The number of amides is 2. The monoisotopic (exact) mass is 372 g/mol. The van der Waals surface area contributed by atoms with Crippen LogP contribution in [0.25, 0.3) is 0 Å². The number of aryl methyl sites for hydroxylation is 2. The van der Waals surface area contributed by atoms with Crippen LogP contribution in [-0.2, 0) is 11.2 Å². The molecule has 0 saturated carbocycles. The molecule has 2 N–H and O–H groups in total. The zero-order valence-corrected chi connectivity index (χ0v) is 14.4. The summed E-state index contributed by atoms with van der Waals surface area (Å²) < 4.78 is 0.980. The van der Waals surface area contributed by atoms with Crippen LogP contribution in [0.3, 0.4) is 0 Å². The highest BCUT2D eigenvalue weighted by atomic mass is 79.9. The van der Waals surface area contributed by atoms with Gasteiger partial charge in [0.15, 0.2) is 0 Å². The summed E-state index contributed by atoms with van der Waals surface area (Å²) in [5.41, 5.74) is 4.21. The third-order valence-corrected chi connectivity index (χ3v) is 4.42. The van der Waals surface area contributed by atoms with Gasteiger partial charge in [0.05, 0.1) is 0 Å². The van der Waals surface area contributed by atoms with Gasteiger partial charge in [0.1, 0.15) is 0 Å². The van der Waals surface area contributed by atoms with Gasteiger partial charge in [-0.2, -0.15) is 0 Å². The van der Waals surface area contributed by atoms with E-state index in [1.54, 1.807) is 6.07 Å². The first kappa shape index (κ1) is 15.7.